The molecule has 0 amide bonds. The maximum atomic E-state index is 12.7. The van der Waals surface area contributed by atoms with Gasteiger partial charge in [-0.15, -0.1) is 11.3 Å². The molecule has 0 aliphatic rings. The number of sulfonamides is 1. The number of thiophene rings is 1. The predicted molar refractivity (Wildman–Crippen MR) is 104 cm³/mol. The number of esters is 1. The lowest BCUT2D eigenvalue weighted by Gasteiger charge is -2.12. The Hall–Kier alpha value is -2.29. The zero-order chi connectivity index (χ0) is 19.4. The first-order valence-electron chi connectivity index (χ1n) is 7.93. The van der Waals surface area contributed by atoms with E-state index in [-0.39, 0.29) is 17.3 Å². The highest BCUT2D eigenvalue weighted by Crippen LogP contribution is 2.28. The van der Waals surface area contributed by atoms with E-state index in [9.17, 15) is 13.2 Å². The molecule has 3 rings (SSSR count). The van der Waals surface area contributed by atoms with Gasteiger partial charge in [0.25, 0.3) is 10.0 Å². The molecule has 9 heteroatoms. The summed E-state index contributed by atoms with van der Waals surface area (Å²) in [5.41, 5.74) is 0.934. The van der Waals surface area contributed by atoms with Gasteiger partial charge >= 0.3 is 5.97 Å². The van der Waals surface area contributed by atoms with Crippen molar-refractivity contribution in [2.24, 2.45) is 0 Å². The van der Waals surface area contributed by atoms with Crippen molar-refractivity contribution in [2.75, 3.05) is 11.3 Å². The quantitative estimate of drug-likeness (QED) is 0.563. The number of halogens is 1. The molecule has 0 radical (unpaired) electrons. The van der Waals surface area contributed by atoms with Crippen molar-refractivity contribution in [2.45, 2.75) is 18.2 Å². The van der Waals surface area contributed by atoms with Gasteiger partial charge < -0.3 is 9.15 Å². The Labute approximate surface area is 165 Å². The molecular weight excluding hydrogens is 410 g/mol. The molecule has 0 spiro atoms. The maximum absolute atomic E-state index is 12.7. The van der Waals surface area contributed by atoms with Crippen LogP contribution in [0, 0.1) is 6.92 Å². The number of benzene rings is 1. The molecule has 0 unspecified atom stereocenters. The SMILES string of the molecule is Cc1c(Cl)cccc1S(=O)(=O)Nc1ccsc1CCOC(=O)c1ccco1. The third kappa shape index (κ3) is 4.52. The lowest BCUT2D eigenvalue weighted by molar-refractivity contribution is 0.0473. The summed E-state index contributed by atoms with van der Waals surface area (Å²) in [7, 11) is -3.79. The van der Waals surface area contributed by atoms with Gasteiger partial charge in [0.05, 0.1) is 23.5 Å². The van der Waals surface area contributed by atoms with E-state index in [1.54, 1.807) is 36.6 Å². The monoisotopic (exact) mass is 425 g/mol. The first kappa shape index (κ1) is 19.5. The van der Waals surface area contributed by atoms with Crippen LogP contribution in [0.5, 0.6) is 0 Å². The highest BCUT2D eigenvalue weighted by atomic mass is 35.5. The summed E-state index contributed by atoms with van der Waals surface area (Å²) < 4.78 is 38.1. The van der Waals surface area contributed by atoms with Crippen molar-refractivity contribution in [3.8, 4) is 0 Å². The van der Waals surface area contributed by atoms with Gasteiger partial charge in [0.15, 0.2) is 0 Å². The second kappa shape index (κ2) is 8.16. The van der Waals surface area contributed by atoms with Gasteiger partial charge in [-0.2, -0.15) is 0 Å². The average Bonchev–Trinajstić information content (AvgIpc) is 3.29. The van der Waals surface area contributed by atoms with Gasteiger partial charge in [0.1, 0.15) is 0 Å². The summed E-state index contributed by atoms with van der Waals surface area (Å²) in [6.07, 6.45) is 1.76. The van der Waals surface area contributed by atoms with Crippen molar-refractivity contribution in [1.82, 2.24) is 0 Å². The van der Waals surface area contributed by atoms with Crippen LogP contribution in [0.25, 0.3) is 0 Å². The van der Waals surface area contributed by atoms with Gasteiger partial charge in [-0.05, 0) is 48.2 Å². The first-order valence-corrected chi connectivity index (χ1v) is 10.7. The number of anilines is 1. The molecule has 2 heterocycles. The number of ether oxygens (including phenoxy) is 1. The van der Waals surface area contributed by atoms with Crippen LogP contribution in [0.4, 0.5) is 5.69 Å². The van der Waals surface area contributed by atoms with E-state index in [1.165, 1.54) is 29.7 Å². The molecule has 27 heavy (non-hydrogen) atoms. The number of hydrogen-bond donors (Lipinski definition) is 1. The van der Waals surface area contributed by atoms with Gasteiger partial charge in [-0.1, -0.05) is 17.7 Å². The number of furan rings is 1. The molecule has 0 saturated carbocycles. The van der Waals surface area contributed by atoms with E-state index < -0.39 is 16.0 Å². The third-order valence-corrected chi connectivity index (χ3v) is 6.68. The maximum Gasteiger partial charge on any atom is 0.374 e. The molecule has 2 aromatic heterocycles. The summed E-state index contributed by atoms with van der Waals surface area (Å²) in [5.74, 6) is -0.438. The Morgan fingerprint density at radius 3 is 2.81 bits per heavy atom. The number of carbonyl (C=O) groups excluding carboxylic acids is 1. The Balaban J connectivity index is 1.68. The second-order valence-electron chi connectivity index (χ2n) is 5.59. The van der Waals surface area contributed by atoms with E-state index in [2.05, 4.69) is 4.72 Å². The highest BCUT2D eigenvalue weighted by Gasteiger charge is 2.20. The summed E-state index contributed by atoms with van der Waals surface area (Å²) in [6.45, 7) is 1.75. The normalized spacial score (nSPS) is 11.3. The zero-order valence-electron chi connectivity index (χ0n) is 14.3. The minimum atomic E-state index is -3.79. The molecule has 3 aromatic rings. The molecular formula is C18H16ClNO5S2. The van der Waals surface area contributed by atoms with E-state index >= 15 is 0 Å². The average molecular weight is 426 g/mol. The van der Waals surface area contributed by atoms with Crippen LogP contribution >= 0.6 is 22.9 Å². The fourth-order valence-electron chi connectivity index (χ4n) is 2.41. The lowest BCUT2D eigenvalue weighted by atomic mass is 10.2. The summed E-state index contributed by atoms with van der Waals surface area (Å²) >= 11 is 7.40. The van der Waals surface area contributed by atoms with E-state index in [1.807, 2.05) is 0 Å². The van der Waals surface area contributed by atoms with Gasteiger partial charge in [-0.3, -0.25) is 4.72 Å². The second-order valence-corrected chi connectivity index (χ2v) is 8.65. The fraction of sp³-hybridized carbons (Fsp3) is 0.167. The molecule has 0 bridgehead atoms. The smallest absolute Gasteiger partial charge is 0.374 e. The van der Waals surface area contributed by atoms with Crippen LogP contribution in [0.15, 0.2) is 57.4 Å². The van der Waals surface area contributed by atoms with Crippen LogP contribution in [0.1, 0.15) is 21.0 Å². The summed E-state index contributed by atoms with van der Waals surface area (Å²) in [5, 5.41) is 2.15. The zero-order valence-corrected chi connectivity index (χ0v) is 16.7. The van der Waals surface area contributed by atoms with E-state index in [4.69, 9.17) is 20.8 Å². The van der Waals surface area contributed by atoms with Gasteiger partial charge in [0.2, 0.25) is 5.76 Å². The Kier molecular flexibility index (Phi) is 5.88. The molecule has 1 aromatic carbocycles. The summed E-state index contributed by atoms with van der Waals surface area (Å²) in [4.78, 5) is 12.6. The number of carbonyl (C=O) groups is 1. The molecule has 0 saturated heterocycles. The largest absolute Gasteiger partial charge is 0.459 e. The number of rotatable bonds is 7. The molecule has 142 valence electrons. The van der Waals surface area contributed by atoms with Crippen molar-refractivity contribution < 1.29 is 22.4 Å². The fourth-order valence-corrected chi connectivity index (χ4v) is 4.88. The van der Waals surface area contributed by atoms with Crippen molar-refractivity contribution in [3.05, 3.63) is 69.3 Å². The predicted octanol–water partition coefficient (Wildman–Crippen LogP) is 4.50. The minimum absolute atomic E-state index is 0.102. The standard InChI is InChI=1S/C18H16ClNO5S2/c1-12-13(19)4-2-6-17(12)27(22,23)20-14-8-11-26-16(14)7-10-25-18(21)15-5-3-9-24-15/h2-6,8-9,11,20H,7,10H2,1H3. The van der Waals surface area contributed by atoms with Gasteiger partial charge in [0, 0.05) is 16.3 Å². The minimum Gasteiger partial charge on any atom is -0.459 e. The summed E-state index contributed by atoms with van der Waals surface area (Å²) in [6, 6.07) is 9.51. The van der Waals surface area contributed by atoms with E-state index in [0.29, 0.717) is 22.7 Å². The van der Waals surface area contributed by atoms with Crippen molar-refractivity contribution >= 4 is 44.6 Å². The molecule has 0 aliphatic heterocycles. The van der Waals surface area contributed by atoms with Crippen molar-refractivity contribution in [1.29, 1.82) is 0 Å². The van der Waals surface area contributed by atoms with Gasteiger partial charge in [-0.25, -0.2) is 13.2 Å². The van der Waals surface area contributed by atoms with Crippen molar-refractivity contribution in [3.63, 3.8) is 0 Å². The highest BCUT2D eigenvalue weighted by molar-refractivity contribution is 7.92. The van der Waals surface area contributed by atoms with Crippen LogP contribution in [0.2, 0.25) is 5.02 Å². The Morgan fingerprint density at radius 1 is 1.26 bits per heavy atom. The molecule has 6 nitrogen and oxygen atoms in total. The van der Waals surface area contributed by atoms with Crippen LogP contribution < -0.4 is 4.72 Å². The Morgan fingerprint density at radius 2 is 2.07 bits per heavy atom. The molecule has 0 atom stereocenters. The molecule has 0 fully saturated rings. The van der Waals surface area contributed by atoms with Crippen LogP contribution in [-0.2, 0) is 21.2 Å². The lowest BCUT2D eigenvalue weighted by Crippen LogP contribution is -2.15. The number of hydrogen-bond acceptors (Lipinski definition) is 6. The van der Waals surface area contributed by atoms with Crippen LogP contribution in [0.3, 0.4) is 0 Å². The van der Waals surface area contributed by atoms with E-state index in [0.717, 1.165) is 4.88 Å². The first-order chi connectivity index (χ1) is 12.9. The number of nitrogens with one attached hydrogen (secondary N) is 1. The third-order valence-electron chi connectivity index (χ3n) is 3.78. The molecule has 1 N–H and O–H groups in total. The topological polar surface area (TPSA) is 85.6 Å². The van der Waals surface area contributed by atoms with Crippen LogP contribution in [-0.4, -0.2) is 21.0 Å². The molecule has 0 aliphatic carbocycles. The Bertz CT molecular complexity index is 1040.